The minimum absolute atomic E-state index is 0. The van der Waals surface area contributed by atoms with Gasteiger partial charge in [-0.05, 0) is 136 Å². The van der Waals surface area contributed by atoms with Gasteiger partial charge in [0.2, 0.25) is 17.8 Å². The van der Waals surface area contributed by atoms with Gasteiger partial charge in [-0.1, -0.05) is 111 Å². The molecule has 15 rings (SSSR count). The number of piperidine rings is 3. The van der Waals surface area contributed by atoms with Crippen LogP contribution in [0.3, 0.4) is 0 Å². The number of aryl methyl sites for hydroxylation is 5. The molecule has 2 aliphatic carbocycles. The van der Waals surface area contributed by atoms with Gasteiger partial charge in [0.05, 0.1) is 74.3 Å². The lowest BCUT2D eigenvalue weighted by atomic mass is 9.86. The number of allylic oxidation sites excluding steroid dienone is 2. The quantitative estimate of drug-likeness (QED) is 0.0645. The van der Waals surface area contributed by atoms with Crippen LogP contribution in [-0.4, -0.2) is 153 Å². The Morgan fingerprint density at radius 2 is 1.02 bits per heavy atom. The number of hydrogen-bond acceptors (Lipinski definition) is 18. The molecule has 7 aliphatic heterocycles. The summed E-state index contributed by atoms with van der Waals surface area (Å²) in [5.41, 5.74) is 12.3. The SMILES string of the molecule is C.CC(C)[C@H](CO)Nc1nc(N2CCC(C3=CCc4ccccc43)CC2)nc2c1S(=O)CC2.Cc1ccc(C2CCN(c3nc4c(c(NC5(CO)CC5)n3)S(=O)CC4)CC2)cc1.Cc1ccc(C2CCN(c3nc4c(c(NC5CCOCC5)n3)S(=O)CC4)CC2)cc1. The molecule has 5 N–H and O–H groups in total. The van der Waals surface area contributed by atoms with Crippen LogP contribution in [0.5, 0.6) is 0 Å². The molecule has 6 aromatic rings. The van der Waals surface area contributed by atoms with Crippen molar-refractivity contribution in [2.24, 2.45) is 11.8 Å². The molecule has 1 saturated carbocycles. The smallest absolute Gasteiger partial charge is 0.227 e. The highest BCUT2D eigenvalue weighted by molar-refractivity contribution is 7.86. The lowest BCUT2D eigenvalue weighted by Crippen LogP contribution is -2.36. The lowest BCUT2D eigenvalue weighted by Gasteiger charge is -2.33. The highest BCUT2D eigenvalue weighted by Gasteiger charge is 2.44. The Morgan fingerprint density at radius 3 is 1.49 bits per heavy atom. The molecule has 492 valence electrons. The summed E-state index contributed by atoms with van der Waals surface area (Å²) in [7, 11) is -3.13. The monoisotopic (exact) mass is 1310 g/mol. The maximum Gasteiger partial charge on any atom is 0.227 e. The largest absolute Gasteiger partial charge is 0.394 e. The molecule has 4 saturated heterocycles. The third-order valence-electron chi connectivity index (χ3n) is 20.2. The summed E-state index contributed by atoms with van der Waals surface area (Å²) in [4.78, 5) is 38.2. The fourth-order valence-electron chi connectivity index (χ4n) is 14.2. The molecule has 0 amide bonds. The van der Waals surface area contributed by atoms with E-state index in [1.165, 1.54) is 39.0 Å². The molecule has 0 radical (unpaired) electrons. The van der Waals surface area contributed by atoms with Gasteiger partial charge in [0.15, 0.2) is 0 Å². The average molecular weight is 1310 g/mol. The maximum atomic E-state index is 12.6. The number of ether oxygens (including phenoxy) is 1. The highest BCUT2D eigenvalue weighted by Crippen LogP contribution is 2.43. The van der Waals surface area contributed by atoms with Crippen LogP contribution in [0.25, 0.3) is 5.57 Å². The van der Waals surface area contributed by atoms with E-state index in [1.54, 1.807) is 0 Å². The second-order valence-corrected chi connectivity index (χ2v) is 31.3. The summed E-state index contributed by atoms with van der Waals surface area (Å²) in [6.45, 7) is 15.6. The first-order valence-corrected chi connectivity index (χ1v) is 37.4. The minimum atomic E-state index is -1.08. The maximum absolute atomic E-state index is 12.6. The number of aliphatic hydroxyl groups is 2. The van der Waals surface area contributed by atoms with Crippen molar-refractivity contribution < 1.29 is 27.6 Å². The second kappa shape index (κ2) is 29.2. The highest BCUT2D eigenvalue weighted by atomic mass is 32.2. The number of aromatic nitrogens is 6. The fourth-order valence-corrected chi connectivity index (χ4v) is 18.1. The Bertz CT molecular complexity index is 3670. The minimum Gasteiger partial charge on any atom is -0.394 e. The molecule has 92 heavy (non-hydrogen) atoms. The van der Waals surface area contributed by atoms with Crippen LogP contribution in [-0.2, 0) is 62.8 Å². The first-order chi connectivity index (χ1) is 44.3. The van der Waals surface area contributed by atoms with E-state index >= 15 is 0 Å². The number of nitrogens with zero attached hydrogens (tertiary/aromatic N) is 9. The molecular formula is C71H94N12O6S3. The van der Waals surface area contributed by atoms with Crippen LogP contribution >= 0.6 is 0 Å². The van der Waals surface area contributed by atoms with Gasteiger partial charge in [-0.15, -0.1) is 0 Å². The van der Waals surface area contributed by atoms with Crippen LogP contribution in [0.15, 0.2) is 93.6 Å². The zero-order valence-electron chi connectivity index (χ0n) is 53.3. The Morgan fingerprint density at radius 1 is 0.576 bits per heavy atom. The standard InChI is InChI=1S/C25H32N4O2S.C23H30N4O2S.C22H28N4O2S.CH4/c1-16(2)22(15-30)26-24-23-21(11-14-32(23)31)27-25(28-24)29-12-9-18(10-13-29)20-8-7-17-5-3-4-6-19(17)20;1-16-2-4-17(5-3-16)18-6-11-27(12-7-18)23-25-20-10-15-30(28)21(20)22(26-23)24-19-8-13-29-14-9-19;1-15-2-4-16(5-3-15)17-6-11-26(12-7-17)21-23-18-8-13-29(28)19(18)20(24-21)25-22(14-27)9-10-22;/h3-6,8,16,18,22,30H,7,9-15H2,1-2H3,(H,26,27,28);2-5,18-19H,6-15H2,1H3,(H,24,25,26);2-5,17,27H,6-14H2,1H3,(H,23,24,25);1H4/t22-,32?;;;/m0.../s1. The van der Waals surface area contributed by atoms with Crippen molar-refractivity contribution in [2.45, 2.75) is 169 Å². The number of aliphatic hydroxyl groups excluding tert-OH is 2. The van der Waals surface area contributed by atoms with E-state index in [2.05, 4.69) is 137 Å². The number of nitrogens with one attached hydrogen (secondary N) is 3. The van der Waals surface area contributed by atoms with Crippen molar-refractivity contribution in [3.05, 3.63) is 129 Å². The molecule has 9 aliphatic rings. The Balaban J connectivity index is 0.000000132. The van der Waals surface area contributed by atoms with Gasteiger partial charge in [0.25, 0.3) is 0 Å². The molecule has 21 heteroatoms. The number of hydrogen-bond donors (Lipinski definition) is 5. The van der Waals surface area contributed by atoms with E-state index in [0.29, 0.717) is 52.7 Å². The van der Waals surface area contributed by atoms with Crippen LogP contribution in [0.2, 0.25) is 0 Å². The van der Waals surface area contributed by atoms with Crippen molar-refractivity contribution in [1.82, 2.24) is 29.9 Å². The molecule has 0 bridgehead atoms. The molecule has 10 heterocycles. The Labute approximate surface area is 551 Å². The topological polar surface area (TPSA) is 224 Å². The van der Waals surface area contributed by atoms with Crippen molar-refractivity contribution in [3.63, 3.8) is 0 Å². The summed E-state index contributed by atoms with van der Waals surface area (Å²) in [5, 5.41) is 29.9. The number of rotatable bonds is 15. The third kappa shape index (κ3) is 14.7. The normalized spacial score (nSPS) is 22.2. The number of anilines is 6. The van der Waals surface area contributed by atoms with Gasteiger partial charge in [-0.25, -0.2) is 15.0 Å². The third-order valence-corrected chi connectivity index (χ3v) is 24.6. The van der Waals surface area contributed by atoms with Crippen molar-refractivity contribution in [2.75, 3.05) is 114 Å². The van der Waals surface area contributed by atoms with Gasteiger partial charge in [-0.2, -0.15) is 15.0 Å². The number of benzene rings is 3. The Hall–Kier alpha value is -6.23. The summed E-state index contributed by atoms with van der Waals surface area (Å²) in [6.07, 6.45) is 16.0. The molecule has 4 atom stereocenters. The van der Waals surface area contributed by atoms with Crippen molar-refractivity contribution >= 4 is 73.3 Å². The number of fused-ring (bicyclic) bond motifs is 4. The molecule has 3 aromatic carbocycles. The first kappa shape index (κ1) is 65.8. The van der Waals surface area contributed by atoms with Crippen molar-refractivity contribution in [1.29, 1.82) is 0 Å². The van der Waals surface area contributed by atoms with E-state index in [4.69, 9.17) is 34.6 Å². The Kier molecular flexibility index (Phi) is 20.9. The van der Waals surface area contributed by atoms with Crippen LogP contribution < -0.4 is 30.7 Å². The van der Waals surface area contributed by atoms with Gasteiger partial charge in [-0.3, -0.25) is 12.6 Å². The van der Waals surface area contributed by atoms with Gasteiger partial charge in [0.1, 0.15) is 32.1 Å². The molecule has 18 nitrogen and oxygen atoms in total. The van der Waals surface area contributed by atoms with E-state index < -0.39 is 32.4 Å². The summed E-state index contributed by atoms with van der Waals surface area (Å²) in [6, 6.07) is 26.8. The zero-order chi connectivity index (χ0) is 62.8. The van der Waals surface area contributed by atoms with Crippen LogP contribution in [0.1, 0.15) is 148 Å². The predicted molar refractivity (Wildman–Crippen MR) is 371 cm³/mol. The summed E-state index contributed by atoms with van der Waals surface area (Å²) in [5.74, 6) is 8.24. The van der Waals surface area contributed by atoms with Gasteiger partial charge < -0.3 is 45.6 Å². The van der Waals surface area contributed by atoms with Gasteiger partial charge >= 0.3 is 0 Å². The predicted octanol–water partition coefficient (Wildman–Crippen LogP) is 10.3. The lowest BCUT2D eigenvalue weighted by molar-refractivity contribution is 0.0903. The molecule has 3 aromatic heterocycles. The van der Waals surface area contributed by atoms with Crippen molar-refractivity contribution in [3.8, 4) is 0 Å². The molecule has 3 unspecified atom stereocenters. The molecule has 5 fully saturated rings. The van der Waals surface area contributed by atoms with Crippen LogP contribution in [0, 0.1) is 25.7 Å². The molecule has 0 spiro atoms. The first-order valence-electron chi connectivity index (χ1n) is 33.4. The van der Waals surface area contributed by atoms with Crippen LogP contribution in [0.4, 0.5) is 35.3 Å². The average Bonchev–Trinajstić information content (AvgIpc) is 1.57. The van der Waals surface area contributed by atoms with Gasteiger partial charge in [0, 0.05) is 95.0 Å². The summed E-state index contributed by atoms with van der Waals surface area (Å²) >= 11 is 0. The summed E-state index contributed by atoms with van der Waals surface area (Å²) < 4.78 is 43.2. The van der Waals surface area contributed by atoms with E-state index in [0.717, 1.165) is 198 Å². The molecular weight excluding hydrogens is 1210 g/mol. The second-order valence-electron chi connectivity index (χ2n) is 26.7. The van der Waals surface area contributed by atoms with E-state index in [-0.39, 0.29) is 38.1 Å². The van der Waals surface area contributed by atoms with E-state index in [1.807, 2.05) is 0 Å². The zero-order valence-corrected chi connectivity index (χ0v) is 55.8. The van der Waals surface area contributed by atoms with E-state index in [9.17, 15) is 22.8 Å². The fraction of sp³-hybridized carbons (Fsp3) is 0.549.